The highest BCUT2D eigenvalue weighted by atomic mass is 32.2. The Morgan fingerprint density at radius 2 is 2.17 bits per heavy atom. The predicted octanol–water partition coefficient (Wildman–Crippen LogP) is -1.13. The molecule has 0 aromatic rings. The third kappa shape index (κ3) is 3.69. The maximum absolute atomic E-state index is 11.9. The number of likely N-dealkylation sites (N-methyl/N-ethyl adjacent to an activating group) is 1. The fraction of sp³-hybridized carbons (Fsp3) is 0.571. The number of hydrogen-bond donors (Lipinski definition) is 3. The van der Waals surface area contributed by atoms with Crippen molar-refractivity contribution in [2.24, 2.45) is 11.5 Å². The highest BCUT2D eigenvalue weighted by molar-refractivity contribution is 7.91. The molecule has 1 unspecified atom stereocenters. The molecule has 0 radical (unpaired) electrons. The van der Waals surface area contributed by atoms with Gasteiger partial charge in [-0.05, 0) is 24.5 Å². The van der Waals surface area contributed by atoms with Crippen molar-refractivity contribution in [1.29, 1.82) is 0 Å². The first-order chi connectivity index (χ1) is 10.6. The van der Waals surface area contributed by atoms with Crippen molar-refractivity contribution in [2.75, 3.05) is 27.2 Å². The lowest BCUT2D eigenvalue weighted by Gasteiger charge is -2.48. The summed E-state index contributed by atoms with van der Waals surface area (Å²) >= 11 is -1.48. The molecule has 0 spiro atoms. The summed E-state index contributed by atoms with van der Waals surface area (Å²) in [4.78, 5) is 22.6. The van der Waals surface area contributed by atoms with E-state index in [2.05, 4.69) is 0 Å². The number of hydrogen-bond acceptors (Lipinski definition) is 5. The van der Waals surface area contributed by atoms with Crippen LogP contribution in [0.25, 0.3) is 0 Å². The summed E-state index contributed by atoms with van der Waals surface area (Å²) in [6.07, 6.45) is 4.82. The predicted molar refractivity (Wildman–Crippen MR) is 85.8 cm³/mol. The van der Waals surface area contributed by atoms with Crippen LogP contribution in [0.4, 0.5) is 0 Å². The Hall–Kier alpha value is -1.55. The molecule has 0 aromatic heterocycles. The molecule has 5 N–H and O–H groups in total. The standard InChI is InChI=1S/C14H22N4O4S/c1-18(2,8-11(15)19)7-3-4-9-5-6-10-13(16)23(22)17(10)12(9)14(20)21/h3-4,10,13H,5-8,16H2,1-2H3,(H2-,15,19,20,21)/p+1/t10-,13-,23?/m1/s1. The zero-order valence-electron chi connectivity index (χ0n) is 13.3. The topological polar surface area (TPSA) is 133 Å². The maximum atomic E-state index is 11.9. The van der Waals surface area contributed by atoms with Gasteiger partial charge >= 0.3 is 5.97 Å². The van der Waals surface area contributed by atoms with Crippen molar-refractivity contribution in [1.82, 2.24) is 4.31 Å². The Kier molecular flexibility index (Phi) is 5.04. The van der Waals surface area contributed by atoms with Gasteiger partial charge in [0, 0.05) is 0 Å². The van der Waals surface area contributed by atoms with Crippen LogP contribution in [0.3, 0.4) is 0 Å². The van der Waals surface area contributed by atoms with Crippen LogP contribution in [0, 0.1) is 0 Å². The van der Waals surface area contributed by atoms with Crippen LogP contribution in [0.15, 0.2) is 23.4 Å². The van der Waals surface area contributed by atoms with Gasteiger partial charge in [0.25, 0.3) is 5.91 Å². The van der Waals surface area contributed by atoms with Gasteiger partial charge in [-0.25, -0.2) is 4.79 Å². The molecule has 1 saturated heterocycles. The lowest BCUT2D eigenvalue weighted by Crippen LogP contribution is -2.68. The first-order valence-corrected chi connectivity index (χ1v) is 8.50. The van der Waals surface area contributed by atoms with Gasteiger partial charge in [-0.2, -0.15) is 4.31 Å². The number of primary amides is 1. The summed E-state index contributed by atoms with van der Waals surface area (Å²) in [5.41, 5.74) is 11.7. The molecule has 2 aliphatic heterocycles. The number of aliphatic carboxylic acids is 1. The summed E-state index contributed by atoms with van der Waals surface area (Å²) in [5, 5.41) is 8.95. The van der Waals surface area contributed by atoms with E-state index in [4.69, 9.17) is 11.5 Å². The highest BCUT2D eigenvalue weighted by Crippen LogP contribution is 2.40. The van der Waals surface area contributed by atoms with Crippen LogP contribution in [0.1, 0.15) is 12.8 Å². The average Bonchev–Trinajstić information content (AvgIpc) is 2.43. The molecular formula is C14H23N4O4S+. The molecular weight excluding hydrogens is 320 g/mol. The first-order valence-electron chi connectivity index (χ1n) is 7.33. The summed E-state index contributed by atoms with van der Waals surface area (Å²) in [5.74, 6) is -1.49. The third-order valence-electron chi connectivity index (χ3n) is 4.05. The lowest BCUT2D eigenvalue weighted by atomic mass is 9.97. The SMILES string of the molecule is C[N+](C)(CC=CC1=C(C(=O)O)N2[C@H](CC1)[C@H](N)[S+]2[O-])CC(N)=O. The van der Waals surface area contributed by atoms with Crippen molar-refractivity contribution in [3.63, 3.8) is 0 Å². The van der Waals surface area contributed by atoms with E-state index in [1.165, 1.54) is 4.31 Å². The summed E-state index contributed by atoms with van der Waals surface area (Å²) < 4.78 is 13.7. The van der Waals surface area contributed by atoms with Crippen LogP contribution in [0.5, 0.6) is 0 Å². The summed E-state index contributed by atoms with van der Waals surface area (Å²) in [6, 6.07) is -0.166. The third-order valence-corrected chi connectivity index (χ3v) is 5.67. The molecule has 0 aliphatic carbocycles. The van der Waals surface area contributed by atoms with Crippen molar-refractivity contribution in [3.8, 4) is 0 Å². The van der Waals surface area contributed by atoms with Gasteiger partial charge in [-0.1, -0.05) is 6.08 Å². The number of quaternary nitrogens is 1. The molecule has 128 valence electrons. The van der Waals surface area contributed by atoms with Gasteiger partial charge in [-0.3, -0.25) is 10.5 Å². The van der Waals surface area contributed by atoms with E-state index >= 15 is 0 Å². The Bertz CT molecular complexity index is 575. The molecule has 0 aromatic carbocycles. The Balaban J connectivity index is 2.15. The maximum Gasteiger partial charge on any atom is 0.356 e. The van der Waals surface area contributed by atoms with E-state index in [-0.39, 0.29) is 24.2 Å². The number of carboxylic acids is 1. The smallest absolute Gasteiger partial charge is 0.356 e. The molecule has 2 heterocycles. The molecule has 2 rings (SSSR count). The number of fused-ring (bicyclic) bond motifs is 1. The minimum absolute atomic E-state index is 0.0674. The monoisotopic (exact) mass is 343 g/mol. The minimum Gasteiger partial charge on any atom is -0.592 e. The second-order valence-electron chi connectivity index (χ2n) is 6.50. The lowest BCUT2D eigenvalue weighted by molar-refractivity contribution is -0.876. The summed E-state index contributed by atoms with van der Waals surface area (Å²) in [6.45, 7) is 0.730. The van der Waals surface area contributed by atoms with Gasteiger partial charge in [-0.15, -0.1) is 0 Å². The van der Waals surface area contributed by atoms with E-state index in [9.17, 15) is 19.2 Å². The normalized spacial score (nSPS) is 27.8. The Morgan fingerprint density at radius 3 is 2.74 bits per heavy atom. The number of allylic oxidation sites excluding steroid dienone is 2. The molecule has 3 atom stereocenters. The zero-order chi connectivity index (χ0) is 17.4. The fourth-order valence-electron chi connectivity index (χ4n) is 2.93. The Labute approximate surface area is 138 Å². The zero-order valence-corrected chi connectivity index (χ0v) is 14.1. The molecule has 1 fully saturated rings. The molecule has 8 nitrogen and oxygen atoms in total. The number of nitrogens with zero attached hydrogens (tertiary/aromatic N) is 2. The largest absolute Gasteiger partial charge is 0.592 e. The summed E-state index contributed by atoms with van der Waals surface area (Å²) in [7, 11) is 3.73. The minimum atomic E-state index is -1.48. The van der Waals surface area contributed by atoms with Gasteiger partial charge < -0.3 is 19.9 Å². The first kappa shape index (κ1) is 17.8. The molecule has 23 heavy (non-hydrogen) atoms. The average molecular weight is 343 g/mol. The van der Waals surface area contributed by atoms with E-state index < -0.39 is 22.7 Å². The van der Waals surface area contributed by atoms with Gasteiger partial charge in [0.15, 0.2) is 12.2 Å². The van der Waals surface area contributed by atoms with Crippen LogP contribution in [0.2, 0.25) is 0 Å². The van der Waals surface area contributed by atoms with E-state index in [0.29, 0.717) is 29.4 Å². The second-order valence-corrected chi connectivity index (χ2v) is 7.99. The molecule has 9 heteroatoms. The second kappa shape index (κ2) is 6.52. The van der Waals surface area contributed by atoms with Crippen LogP contribution >= 0.6 is 0 Å². The van der Waals surface area contributed by atoms with Crippen LogP contribution in [-0.4, -0.2) is 68.9 Å². The van der Waals surface area contributed by atoms with Crippen molar-refractivity contribution >= 4 is 23.2 Å². The van der Waals surface area contributed by atoms with Crippen molar-refractivity contribution in [2.45, 2.75) is 24.3 Å². The van der Waals surface area contributed by atoms with Crippen molar-refractivity contribution in [3.05, 3.63) is 23.4 Å². The van der Waals surface area contributed by atoms with Crippen molar-refractivity contribution < 1.29 is 23.7 Å². The fourth-order valence-corrected chi connectivity index (χ4v) is 4.40. The van der Waals surface area contributed by atoms with Gasteiger partial charge in [0.1, 0.15) is 6.04 Å². The number of nitrogens with two attached hydrogens (primary N) is 2. The van der Waals surface area contributed by atoms with Crippen LogP contribution < -0.4 is 11.5 Å². The number of amides is 1. The molecule has 0 saturated carbocycles. The molecule has 0 bridgehead atoms. The molecule has 1 amide bonds. The number of carboxylic acid groups (broad SMARTS) is 1. The quantitative estimate of drug-likeness (QED) is 0.413. The molecule has 2 aliphatic rings. The van der Waals surface area contributed by atoms with Crippen LogP contribution in [-0.2, 0) is 21.0 Å². The Morgan fingerprint density at radius 1 is 1.52 bits per heavy atom. The van der Waals surface area contributed by atoms with E-state index in [0.717, 1.165) is 0 Å². The van der Waals surface area contributed by atoms with E-state index in [1.54, 1.807) is 6.08 Å². The number of carbonyl (C=O) groups is 2. The highest BCUT2D eigenvalue weighted by Gasteiger charge is 2.56. The van der Waals surface area contributed by atoms with Gasteiger partial charge in [0.05, 0.1) is 32.0 Å². The van der Waals surface area contributed by atoms with Gasteiger partial charge in [0.2, 0.25) is 5.37 Å². The number of carbonyl (C=O) groups excluding carboxylic acids is 1. The van der Waals surface area contributed by atoms with E-state index in [1.807, 2.05) is 20.2 Å². The number of rotatable bonds is 6.